The SMILES string of the molecule is CC(=O)CCCCCSCNC(=O)[C@H](C)NC(=O)[C@@H](C)NC(=O)[C@H](C)NC(=O)CCCCCN1C(=O)C=CC1=O. The topological polar surface area (TPSA) is 171 Å². The average molecular weight is 582 g/mol. The van der Waals surface area contributed by atoms with Crippen molar-refractivity contribution in [2.75, 3.05) is 18.2 Å². The highest BCUT2D eigenvalue weighted by atomic mass is 32.2. The molecule has 12 nitrogen and oxygen atoms in total. The van der Waals surface area contributed by atoms with Gasteiger partial charge < -0.3 is 26.1 Å². The minimum atomic E-state index is -0.919. The molecule has 0 aliphatic carbocycles. The Kier molecular flexibility index (Phi) is 16.5. The highest BCUT2D eigenvalue weighted by Crippen LogP contribution is 2.08. The van der Waals surface area contributed by atoms with Crippen molar-refractivity contribution in [1.29, 1.82) is 0 Å². The van der Waals surface area contributed by atoms with Gasteiger partial charge in [0.15, 0.2) is 0 Å². The Balaban J connectivity index is 2.19. The van der Waals surface area contributed by atoms with Gasteiger partial charge in [0, 0.05) is 31.5 Å². The van der Waals surface area contributed by atoms with Gasteiger partial charge in [0.2, 0.25) is 23.6 Å². The first-order valence-electron chi connectivity index (χ1n) is 13.7. The van der Waals surface area contributed by atoms with Crippen molar-refractivity contribution in [3.05, 3.63) is 12.2 Å². The summed E-state index contributed by atoms with van der Waals surface area (Å²) in [5.41, 5.74) is 0. The fourth-order valence-electron chi connectivity index (χ4n) is 3.67. The zero-order valence-corrected chi connectivity index (χ0v) is 24.7. The second-order valence-corrected chi connectivity index (χ2v) is 10.9. The van der Waals surface area contributed by atoms with E-state index in [-0.39, 0.29) is 35.8 Å². The Morgan fingerprint density at radius 2 is 1.25 bits per heavy atom. The van der Waals surface area contributed by atoms with Gasteiger partial charge in [0.05, 0.1) is 5.88 Å². The standard InChI is InChI=1S/C27H43N5O7S/c1-18(33)11-7-6-10-16-40-17-28-25(37)19(2)30-27(39)21(4)31-26(38)20(3)29-22(34)12-8-5-9-15-32-23(35)13-14-24(32)36/h13-14,19-21H,5-12,15-17H2,1-4H3,(H,28,37)(H,29,34)(H,30,39)(H,31,38)/t19-,20-,21+/m0/s1. The van der Waals surface area contributed by atoms with Crippen molar-refractivity contribution in [3.63, 3.8) is 0 Å². The lowest BCUT2D eigenvalue weighted by Crippen LogP contribution is -2.54. The number of nitrogens with one attached hydrogen (secondary N) is 4. The van der Waals surface area contributed by atoms with Crippen LogP contribution in [0.5, 0.6) is 0 Å². The number of amides is 6. The lowest BCUT2D eigenvalue weighted by Gasteiger charge is -2.20. The van der Waals surface area contributed by atoms with Gasteiger partial charge in [0.25, 0.3) is 11.8 Å². The van der Waals surface area contributed by atoms with E-state index in [0.29, 0.717) is 38.1 Å². The lowest BCUT2D eigenvalue weighted by molar-refractivity contribution is -0.137. The van der Waals surface area contributed by atoms with E-state index in [1.165, 1.54) is 26.0 Å². The third kappa shape index (κ3) is 14.2. The summed E-state index contributed by atoms with van der Waals surface area (Å²) in [6.45, 7) is 6.42. The molecule has 1 aliphatic rings. The first-order chi connectivity index (χ1) is 18.9. The lowest BCUT2D eigenvalue weighted by atomic mass is 10.1. The van der Waals surface area contributed by atoms with Crippen LogP contribution in [0.3, 0.4) is 0 Å². The van der Waals surface area contributed by atoms with Crippen LogP contribution in [0, 0.1) is 0 Å². The molecule has 0 aromatic carbocycles. The zero-order chi connectivity index (χ0) is 30.1. The van der Waals surface area contributed by atoms with E-state index >= 15 is 0 Å². The van der Waals surface area contributed by atoms with E-state index in [0.717, 1.165) is 29.9 Å². The van der Waals surface area contributed by atoms with E-state index in [4.69, 9.17) is 0 Å². The van der Waals surface area contributed by atoms with Gasteiger partial charge in [-0.2, -0.15) is 0 Å². The monoisotopic (exact) mass is 581 g/mol. The van der Waals surface area contributed by atoms with Crippen LogP contribution in [0.4, 0.5) is 0 Å². The second-order valence-electron chi connectivity index (χ2n) is 9.83. The van der Waals surface area contributed by atoms with E-state index in [1.807, 2.05) is 0 Å². The molecule has 1 aliphatic heterocycles. The molecule has 0 radical (unpaired) electrons. The smallest absolute Gasteiger partial charge is 0.253 e. The van der Waals surface area contributed by atoms with Crippen molar-refractivity contribution < 1.29 is 33.6 Å². The number of imide groups is 1. The minimum Gasteiger partial charge on any atom is -0.345 e. The molecule has 3 atom stereocenters. The van der Waals surface area contributed by atoms with Crippen molar-refractivity contribution >= 4 is 53.0 Å². The number of ketones is 1. The molecule has 0 saturated carbocycles. The number of carbonyl (C=O) groups excluding carboxylic acids is 7. The predicted octanol–water partition coefficient (Wildman–Crippen LogP) is 0.942. The molecule has 0 saturated heterocycles. The van der Waals surface area contributed by atoms with Crippen LogP contribution in [0.2, 0.25) is 0 Å². The molecule has 1 heterocycles. The maximum Gasteiger partial charge on any atom is 0.253 e. The Bertz CT molecular complexity index is 938. The van der Waals surface area contributed by atoms with Crippen LogP contribution in [-0.2, 0) is 33.6 Å². The van der Waals surface area contributed by atoms with Crippen LogP contribution in [-0.4, -0.2) is 82.4 Å². The molecule has 0 fully saturated rings. The predicted molar refractivity (Wildman–Crippen MR) is 152 cm³/mol. The Hall–Kier alpha value is -3.22. The number of carbonyl (C=O) groups is 7. The first-order valence-corrected chi connectivity index (χ1v) is 14.9. The molecule has 0 aromatic rings. The fourth-order valence-corrected chi connectivity index (χ4v) is 4.47. The fraction of sp³-hybridized carbons (Fsp3) is 0.667. The highest BCUT2D eigenvalue weighted by Gasteiger charge is 2.24. The van der Waals surface area contributed by atoms with Crippen LogP contribution < -0.4 is 21.3 Å². The summed E-state index contributed by atoms with van der Waals surface area (Å²) in [4.78, 5) is 84.3. The summed E-state index contributed by atoms with van der Waals surface area (Å²) in [6.07, 6.45) is 7.77. The van der Waals surface area contributed by atoms with Gasteiger partial charge in [-0.25, -0.2) is 0 Å². The summed E-state index contributed by atoms with van der Waals surface area (Å²) in [5, 5.41) is 10.4. The summed E-state index contributed by atoms with van der Waals surface area (Å²) in [6, 6.07) is -2.58. The molecule has 1 rings (SSSR count). The van der Waals surface area contributed by atoms with E-state index in [1.54, 1.807) is 25.6 Å². The van der Waals surface area contributed by atoms with Crippen LogP contribution in [0.15, 0.2) is 12.2 Å². The second kappa shape index (κ2) is 19.0. The number of Topliss-reactive ketones (excluding diaryl/α,β-unsaturated/α-hetero) is 1. The van der Waals surface area contributed by atoms with Gasteiger partial charge in [-0.1, -0.05) is 12.8 Å². The highest BCUT2D eigenvalue weighted by molar-refractivity contribution is 7.99. The van der Waals surface area contributed by atoms with Crippen LogP contribution in [0.1, 0.15) is 79.1 Å². The molecular formula is C27H43N5O7S. The van der Waals surface area contributed by atoms with E-state index in [9.17, 15) is 33.6 Å². The molecule has 0 unspecified atom stereocenters. The Labute approximate surface area is 240 Å². The molecule has 13 heteroatoms. The van der Waals surface area contributed by atoms with Gasteiger partial charge >= 0.3 is 0 Å². The van der Waals surface area contributed by atoms with Crippen molar-refractivity contribution in [3.8, 4) is 0 Å². The maximum absolute atomic E-state index is 12.4. The summed E-state index contributed by atoms with van der Waals surface area (Å²) < 4.78 is 0. The quantitative estimate of drug-likeness (QED) is 0.0935. The maximum atomic E-state index is 12.4. The van der Waals surface area contributed by atoms with Crippen molar-refractivity contribution in [2.45, 2.75) is 97.2 Å². The number of rotatable bonds is 20. The largest absolute Gasteiger partial charge is 0.345 e. The van der Waals surface area contributed by atoms with E-state index < -0.39 is 29.9 Å². The third-order valence-electron chi connectivity index (χ3n) is 6.13. The van der Waals surface area contributed by atoms with Gasteiger partial charge in [-0.3, -0.25) is 33.7 Å². The zero-order valence-electron chi connectivity index (χ0n) is 23.9. The van der Waals surface area contributed by atoms with Crippen molar-refractivity contribution in [2.24, 2.45) is 0 Å². The number of hydrogen-bond acceptors (Lipinski definition) is 8. The van der Waals surface area contributed by atoms with Crippen LogP contribution in [0.25, 0.3) is 0 Å². The molecule has 40 heavy (non-hydrogen) atoms. The number of thioether (sulfide) groups is 1. The van der Waals surface area contributed by atoms with Gasteiger partial charge in [-0.15, -0.1) is 11.8 Å². The van der Waals surface area contributed by atoms with Gasteiger partial charge in [-0.05, 0) is 59.1 Å². The minimum absolute atomic E-state index is 0.179. The summed E-state index contributed by atoms with van der Waals surface area (Å²) in [5.74, 6) is -0.934. The Morgan fingerprint density at radius 1 is 0.725 bits per heavy atom. The van der Waals surface area contributed by atoms with Gasteiger partial charge in [0.1, 0.15) is 23.9 Å². The molecular weight excluding hydrogens is 538 g/mol. The summed E-state index contributed by atoms with van der Waals surface area (Å²) >= 11 is 1.56. The molecule has 0 spiro atoms. The molecule has 224 valence electrons. The normalized spacial score (nSPS) is 14.8. The Morgan fingerprint density at radius 3 is 1.85 bits per heavy atom. The van der Waals surface area contributed by atoms with Crippen molar-refractivity contribution in [1.82, 2.24) is 26.2 Å². The average Bonchev–Trinajstić information content (AvgIpc) is 3.21. The molecule has 6 amide bonds. The number of hydrogen-bond donors (Lipinski definition) is 4. The molecule has 0 bridgehead atoms. The molecule has 0 aromatic heterocycles. The number of nitrogens with zero attached hydrogens (tertiary/aromatic N) is 1. The number of unbranched alkanes of at least 4 members (excludes halogenated alkanes) is 4. The van der Waals surface area contributed by atoms with Crippen LogP contribution >= 0.6 is 11.8 Å². The van der Waals surface area contributed by atoms with E-state index in [2.05, 4.69) is 21.3 Å². The molecule has 4 N–H and O–H groups in total. The first kappa shape index (κ1) is 34.8. The summed E-state index contributed by atoms with van der Waals surface area (Å²) in [7, 11) is 0. The third-order valence-corrected chi connectivity index (χ3v) is 7.05.